The molecule has 2 N–H and O–H groups in total. The Kier molecular flexibility index (Phi) is 3.53. The van der Waals surface area contributed by atoms with Crippen molar-refractivity contribution < 1.29 is 9.90 Å². The Labute approximate surface area is 97.6 Å². The Morgan fingerprint density at radius 1 is 1.38 bits per heavy atom. The molecule has 2 aliphatic rings. The van der Waals surface area contributed by atoms with E-state index in [2.05, 4.69) is 5.32 Å². The third-order valence-electron chi connectivity index (χ3n) is 4.40. The van der Waals surface area contributed by atoms with Crippen LogP contribution in [0.25, 0.3) is 0 Å². The first kappa shape index (κ1) is 11.9. The highest BCUT2D eigenvalue weighted by atomic mass is 16.3. The van der Waals surface area contributed by atoms with Crippen molar-refractivity contribution in [2.24, 2.45) is 23.7 Å². The molecule has 2 fully saturated rings. The van der Waals surface area contributed by atoms with Crippen molar-refractivity contribution in [3.8, 4) is 0 Å². The molecule has 3 nitrogen and oxygen atoms in total. The fraction of sp³-hybridized carbons (Fsp3) is 0.923. The third kappa shape index (κ3) is 2.24. The minimum atomic E-state index is -0.0772. The highest BCUT2D eigenvalue weighted by molar-refractivity contribution is 5.79. The fourth-order valence-corrected chi connectivity index (χ4v) is 3.28. The zero-order chi connectivity index (χ0) is 11.7. The van der Waals surface area contributed by atoms with Crippen LogP contribution in [0.3, 0.4) is 0 Å². The van der Waals surface area contributed by atoms with E-state index in [4.69, 9.17) is 0 Å². The molecule has 4 atom stereocenters. The highest BCUT2D eigenvalue weighted by Crippen LogP contribution is 2.48. The smallest absolute Gasteiger partial charge is 0.223 e. The van der Waals surface area contributed by atoms with Crippen molar-refractivity contribution in [2.45, 2.75) is 45.6 Å². The number of nitrogens with one attached hydrogen (secondary N) is 1. The standard InChI is InChI=1S/C13H23NO2/c1-8(2)12(7-15)14-13(16)11-6-9-3-4-10(11)5-9/h8-12,15H,3-7H2,1-2H3,(H,14,16)/t9?,10?,11?,12-/m1/s1. The van der Waals surface area contributed by atoms with Gasteiger partial charge < -0.3 is 10.4 Å². The van der Waals surface area contributed by atoms with E-state index in [1.807, 2.05) is 13.8 Å². The summed E-state index contributed by atoms with van der Waals surface area (Å²) < 4.78 is 0. The molecule has 16 heavy (non-hydrogen) atoms. The number of fused-ring (bicyclic) bond motifs is 2. The summed E-state index contributed by atoms with van der Waals surface area (Å²) in [5.74, 6) is 2.13. The van der Waals surface area contributed by atoms with Gasteiger partial charge in [-0.15, -0.1) is 0 Å². The van der Waals surface area contributed by atoms with Gasteiger partial charge in [0.1, 0.15) is 0 Å². The molecule has 2 rings (SSSR count). The molecule has 0 saturated heterocycles. The van der Waals surface area contributed by atoms with Crippen molar-refractivity contribution >= 4 is 5.91 Å². The number of carbonyl (C=O) groups excluding carboxylic acids is 1. The largest absolute Gasteiger partial charge is 0.394 e. The highest BCUT2D eigenvalue weighted by Gasteiger charge is 2.43. The molecule has 2 aliphatic carbocycles. The Balaban J connectivity index is 1.88. The molecule has 0 aliphatic heterocycles. The molecule has 2 saturated carbocycles. The number of amides is 1. The summed E-state index contributed by atoms with van der Waals surface area (Å²) in [5, 5.41) is 12.2. The van der Waals surface area contributed by atoms with Crippen LogP contribution in [-0.2, 0) is 4.79 Å². The molecule has 3 unspecified atom stereocenters. The van der Waals surface area contributed by atoms with E-state index < -0.39 is 0 Å². The fourth-order valence-electron chi connectivity index (χ4n) is 3.28. The van der Waals surface area contributed by atoms with E-state index >= 15 is 0 Å². The van der Waals surface area contributed by atoms with E-state index in [9.17, 15) is 9.90 Å². The summed E-state index contributed by atoms with van der Waals surface area (Å²) in [4.78, 5) is 12.1. The van der Waals surface area contributed by atoms with Crippen molar-refractivity contribution in [2.75, 3.05) is 6.61 Å². The molecule has 3 heteroatoms. The van der Waals surface area contributed by atoms with Gasteiger partial charge in [-0.2, -0.15) is 0 Å². The Morgan fingerprint density at radius 2 is 2.12 bits per heavy atom. The molecule has 0 aromatic rings. The number of aliphatic hydroxyl groups excluding tert-OH is 1. The summed E-state index contributed by atoms with van der Waals surface area (Å²) in [6.45, 7) is 4.11. The zero-order valence-corrected chi connectivity index (χ0v) is 10.3. The molecule has 0 aromatic carbocycles. The van der Waals surface area contributed by atoms with Crippen molar-refractivity contribution in [3.05, 3.63) is 0 Å². The molecule has 92 valence electrons. The first-order chi connectivity index (χ1) is 7.61. The summed E-state index contributed by atoms with van der Waals surface area (Å²) in [7, 11) is 0. The molecule has 0 aromatic heterocycles. The number of hydrogen-bond donors (Lipinski definition) is 2. The predicted octanol–water partition coefficient (Wildman–Crippen LogP) is 1.56. The predicted molar refractivity (Wildman–Crippen MR) is 62.8 cm³/mol. The van der Waals surface area contributed by atoms with Crippen LogP contribution in [0.15, 0.2) is 0 Å². The van der Waals surface area contributed by atoms with Gasteiger partial charge in [0.05, 0.1) is 12.6 Å². The van der Waals surface area contributed by atoms with Crippen molar-refractivity contribution in [3.63, 3.8) is 0 Å². The van der Waals surface area contributed by atoms with Crippen LogP contribution in [0.1, 0.15) is 39.5 Å². The van der Waals surface area contributed by atoms with Crippen LogP contribution in [0.5, 0.6) is 0 Å². The Bertz CT molecular complexity index is 265. The monoisotopic (exact) mass is 225 g/mol. The van der Waals surface area contributed by atoms with Gasteiger partial charge in [0.25, 0.3) is 0 Å². The summed E-state index contributed by atoms with van der Waals surface area (Å²) in [6, 6.07) is -0.0772. The van der Waals surface area contributed by atoms with Crippen LogP contribution >= 0.6 is 0 Å². The van der Waals surface area contributed by atoms with Gasteiger partial charge in [-0.1, -0.05) is 20.3 Å². The number of aliphatic hydroxyl groups is 1. The number of hydrogen-bond acceptors (Lipinski definition) is 2. The lowest BCUT2D eigenvalue weighted by atomic mass is 9.87. The van der Waals surface area contributed by atoms with Crippen molar-refractivity contribution in [1.29, 1.82) is 0 Å². The van der Waals surface area contributed by atoms with Crippen molar-refractivity contribution in [1.82, 2.24) is 5.32 Å². The summed E-state index contributed by atoms with van der Waals surface area (Å²) in [6.07, 6.45) is 4.88. The number of carbonyl (C=O) groups is 1. The Morgan fingerprint density at radius 3 is 2.56 bits per heavy atom. The molecule has 2 bridgehead atoms. The van der Waals surface area contributed by atoms with Crippen LogP contribution in [0.2, 0.25) is 0 Å². The van der Waals surface area contributed by atoms with Gasteiger partial charge >= 0.3 is 0 Å². The average Bonchev–Trinajstić information content (AvgIpc) is 2.86. The van der Waals surface area contributed by atoms with Gasteiger partial charge in [0.15, 0.2) is 0 Å². The van der Waals surface area contributed by atoms with E-state index in [-0.39, 0.29) is 24.5 Å². The van der Waals surface area contributed by atoms with E-state index in [0.717, 1.165) is 12.3 Å². The van der Waals surface area contributed by atoms with Gasteiger partial charge in [0, 0.05) is 5.92 Å². The van der Waals surface area contributed by atoms with Gasteiger partial charge in [-0.3, -0.25) is 4.79 Å². The van der Waals surface area contributed by atoms with Gasteiger partial charge in [0.2, 0.25) is 5.91 Å². The minimum absolute atomic E-state index is 0.0459. The topological polar surface area (TPSA) is 49.3 Å². The van der Waals surface area contributed by atoms with Crippen LogP contribution < -0.4 is 5.32 Å². The van der Waals surface area contributed by atoms with E-state index in [1.165, 1.54) is 19.3 Å². The van der Waals surface area contributed by atoms with Gasteiger partial charge in [-0.25, -0.2) is 0 Å². The lowest BCUT2D eigenvalue weighted by Gasteiger charge is -2.26. The number of rotatable bonds is 4. The minimum Gasteiger partial charge on any atom is -0.394 e. The van der Waals surface area contributed by atoms with E-state index in [1.54, 1.807) is 0 Å². The summed E-state index contributed by atoms with van der Waals surface area (Å²) >= 11 is 0. The molecule has 0 heterocycles. The molecular weight excluding hydrogens is 202 g/mol. The first-order valence-corrected chi connectivity index (χ1v) is 6.53. The lowest BCUT2D eigenvalue weighted by Crippen LogP contribution is -2.45. The second kappa shape index (κ2) is 4.74. The second-order valence-corrected chi connectivity index (χ2v) is 5.82. The molecule has 0 radical (unpaired) electrons. The third-order valence-corrected chi connectivity index (χ3v) is 4.40. The van der Waals surface area contributed by atoms with Gasteiger partial charge in [-0.05, 0) is 37.0 Å². The maximum absolute atomic E-state index is 12.1. The normalized spacial score (nSPS) is 34.4. The molecule has 0 spiro atoms. The molecular formula is C13H23NO2. The lowest BCUT2D eigenvalue weighted by molar-refractivity contribution is -0.127. The Hall–Kier alpha value is -0.570. The SMILES string of the molecule is CC(C)[C@@H](CO)NC(=O)C1CC2CCC1C2. The quantitative estimate of drug-likeness (QED) is 0.762. The zero-order valence-electron chi connectivity index (χ0n) is 10.3. The van der Waals surface area contributed by atoms with Crippen LogP contribution in [-0.4, -0.2) is 23.7 Å². The first-order valence-electron chi connectivity index (χ1n) is 6.53. The van der Waals surface area contributed by atoms with Crippen LogP contribution in [0.4, 0.5) is 0 Å². The van der Waals surface area contributed by atoms with Crippen LogP contribution in [0, 0.1) is 23.7 Å². The summed E-state index contributed by atoms with van der Waals surface area (Å²) in [5.41, 5.74) is 0. The molecule has 1 amide bonds. The second-order valence-electron chi connectivity index (χ2n) is 5.82. The maximum atomic E-state index is 12.1. The average molecular weight is 225 g/mol. The maximum Gasteiger partial charge on any atom is 0.223 e. The van der Waals surface area contributed by atoms with E-state index in [0.29, 0.717) is 11.8 Å².